The highest BCUT2D eigenvalue weighted by Gasteiger charge is 2.19. The van der Waals surface area contributed by atoms with Crippen LogP contribution in [-0.2, 0) is 4.79 Å². The quantitative estimate of drug-likeness (QED) is 0.416. The SMILES string of the molecule is COc1cccc(N2CCN(c3ccnc(SCC(=O)Nc4ccc(F)cc4C)n3)CC2)c1. The number of hydrogen-bond donors (Lipinski definition) is 1. The topological polar surface area (TPSA) is 70.6 Å². The van der Waals surface area contributed by atoms with Crippen molar-refractivity contribution in [2.24, 2.45) is 0 Å². The standard InChI is InChI=1S/C24H26FN5O2S/c1-17-14-18(25)6-7-21(17)27-23(31)16-33-24-26-9-8-22(28-24)30-12-10-29(11-13-30)19-4-3-5-20(15-19)32-2/h3-9,14-15H,10-13,16H2,1-2H3,(H,27,31). The predicted octanol–water partition coefficient (Wildman–Crippen LogP) is 3.99. The van der Waals surface area contributed by atoms with Crippen molar-refractivity contribution in [2.75, 3.05) is 54.2 Å². The van der Waals surface area contributed by atoms with Gasteiger partial charge in [-0.2, -0.15) is 0 Å². The minimum atomic E-state index is -0.325. The average molecular weight is 468 g/mol. The van der Waals surface area contributed by atoms with Crippen LogP contribution < -0.4 is 19.9 Å². The summed E-state index contributed by atoms with van der Waals surface area (Å²) in [5.74, 6) is 1.37. The van der Waals surface area contributed by atoms with E-state index in [-0.39, 0.29) is 17.5 Å². The Kier molecular flexibility index (Phi) is 7.29. The maximum Gasteiger partial charge on any atom is 0.234 e. The molecule has 1 fully saturated rings. The highest BCUT2D eigenvalue weighted by atomic mass is 32.2. The van der Waals surface area contributed by atoms with Crippen molar-refractivity contribution in [1.29, 1.82) is 0 Å². The summed E-state index contributed by atoms with van der Waals surface area (Å²) in [4.78, 5) is 25.8. The summed E-state index contributed by atoms with van der Waals surface area (Å²) in [7, 11) is 1.68. The number of nitrogens with zero attached hydrogens (tertiary/aromatic N) is 4. The number of rotatable bonds is 7. The van der Waals surface area contributed by atoms with Gasteiger partial charge in [-0.15, -0.1) is 0 Å². The summed E-state index contributed by atoms with van der Waals surface area (Å²) < 4.78 is 18.6. The monoisotopic (exact) mass is 467 g/mol. The molecule has 0 unspecified atom stereocenters. The van der Waals surface area contributed by atoms with Crippen LogP contribution in [-0.4, -0.2) is 54.9 Å². The molecule has 0 aliphatic carbocycles. The van der Waals surface area contributed by atoms with E-state index in [1.165, 1.54) is 23.9 Å². The fourth-order valence-corrected chi connectivity index (χ4v) is 4.29. The number of halogens is 1. The van der Waals surface area contributed by atoms with E-state index in [0.717, 1.165) is 43.4 Å². The number of amides is 1. The Bertz CT molecular complexity index is 1120. The zero-order valence-electron chi connectivity index (χ0n) is 18.6. The third-order valence-electron chi connectivity index (χ3n) is 5.44. The van der Waals surface area contributed by atoms with E-state index < -0.39 is 0 Å². The molecule has 0 spiro atoms. The fraction of sp³-hybridized carbons (Fsp3) is 0.292. The van der Waals surface area contributed by atoms with Gasteiger partial charge >= 0.3 is 0 Å². The number of carbonyl (C=O) groups excluding carboxylic acids is 1. The van der Waals surface area contributed by atoms with Gasteiger partial charge in [0.05, 0.1) is 12.9 Å². The van der Waals surface area contributed by atoms with Gasteiger partial charge in [0, 0.05) is 49.8 Å². The van der Waals surface area contributed by atoms with Gasteiger partial charge in [0.2, 0.25) is 5.91 Å². The maximum absolute atomic E-state index is 13.2. The number of aromatic nitrogens is 2. The molecule has 1 aliphatic heterocycles. The molecule has 172 valence electrons. The average Bonchev–Trinajstić information content (AvgIpc) is 2.85. The number of aryl methyl sites for hydroxylation is 1. The molecule has 1 amide bonds. The Balaban J connectivity index is 1.31. The molecule has 3 aromatic rings. The molecule has 1 saturated heterocycles. The molecule has 1 aromatic heterocycles. The van der Waals surface area contributed by atoms with Crippen molar-refractivity contribution in [2.45, 2.75) is 12.1 Å². The van der Waals surface area contributed by atoms with E-state index in [0.29, 0.717) is 16.4 Å². The Hall–Kier alpha value is -3.33. The first-order valence-electron chi connectivity index (χ1n) is 10.7. The first-order chi connectivity index (χ1) is 16.0. The van der Waals surface area contributed by atoms with E-state index in [1.807, 2.05) is 24.3 Å². The number of nitrogens with one attached hydrogen (secondary N) is 1. The number of anilines is 3. The molecule has 1 N–H and O–H groups in total. The molecular formula is C24H26FN5O2S. The molecule has 0 radical (unpaired) electrons. The van der Waals surface area contributed by atoms with Gasteiger partial charge < -0.3 is 19.9 Å². The van der Waals surface area contributed by atoms with Gasteiger partial charge in [0.25, 0.3) is 0 Å². The molecule has 2 aromatic carbocycles. The number of ether oxygens (including phenoxy) is 1. The van der Waals surface area contributed by atoms with Crippen molar-refractivity contribution >= 4 is 34.9 Å². The van der Waals surface area contributed by atoms with Crippen LogP contribution in [0.15, 0.2) is 59.9 Å². The van der Waals surface area contributed by atoms with E-state index in [1.54, 1.807) is 26.3 Å². The zero-order chi connectivity index (χ0) is 23.2. The smallest absolute Gasteiger partial charge is 0.234 e. The molecule has 7 nitrogen and oxygen atoms in total. The molecule has 0 saturated carbocycles. The molecule has 4 rings (SSSR count). The lowest BCUT2D eigenvalue weighted by Crippen LogP contribution is -2.46. The van der Waals surface area contributed by atoms with E-state index in [4.69, 9.17) is 4.74 Å². The summed E-state index contributed by atoms with van der Waals surface area (Å²) in [6.07, 6.45) is 1.72. The highest BCUT2D eigenvalue weighted by molar-refractivity contribution is 7.99. The van der Waals surface area contributed by atoms with Crippen molar-refractivity contribution in [3.05, 3.63) is 66.1 Å². The van der Waals surface area contributed by atoms with Crippen molar-refractivity contribution in [1.82, 2.24) is 9.97 Å². The number of benzene rings is 2. The lowest BCUT2D eigenvalue weighted by Gasteiger charge is -2.36. The van der Waals surface area contributed by atoms with Gasteiger partial charge in [-0.3, -0.25) is 4.79 Å². The van der Waals surface area contributed by atoms with Crippen LogP contribution in [0.3, 0.4) is 0 Å². The highest BCUT2D eigenvalue weighted by Crippen LogP contribution is 2.24. The molecule has 9 heteroatoms. The predicted molar refractivity (Wildman–Crippen MR) is 130 cm³/mol. The molecule has 1 aliphatic rings. The van der Waals surface area contributed by atoms with Crippen LogP contribution in [0.4, 0.5) is 21.6 Å². The minimum absolute atomic E-state index is 0.171. The lowest BCUT2D eigenvalue weighted by atomic mass is 10.2. The minimum Gasteiger partial charge on any atom is -0.497 e. The summed E-state index contributed by atoms with van der Waals surface area (Å²) in [6, 6.07) is 14.3. The fourth-order valence-electron chi connectivity index (χ4n) is 3.66. The van der Waals surface area contributed by atoms with Crippen LogP contribution in [0.5, 0.6) is 5.75 Å². The second kappa shape index (κ2) is 10.5. The zero-order valence-corrected chi connectivity index (χ0v) is 19.4. The molecule has 33 heavy (non-hydrogen) atoms. The Morgan fingerprint density at radius 3 is 2.67 bits per heavy atom. The van der Waals surface area contributed by atoms with Gasteiger partial charge in [0.15, 0.2) is 5.16 Å². The molecule has 0 bridgehead atoms. The lowest BCUT2D eigenvalue weighted by molar-refractivity contribution is -0.113. The summed E-state index contributed by atoms with van der Waals surface area (Å²) >= 11 is 1.28. The first kappa shape index (κ1) is 22.8. The van der Waals surface area contributed by atoms with Crippen LogP contribution in [0, 0.1) is 12.7 Å². The number of hydrogen-bond acceptors (Lipinski definition) is 7. The third kappa shape index (κ3) is 5.92. The van der Waals surface area contributed by atoms with E-state index >= 15 is 0 Å². The van der Waals surface area contributed by atoms with Crippen molar-refractivity contribution < 1.29 is 13.9 Å². The Morgan fingerprint density at radius 1 is 1.12 bits per heavy atom. The number of methoxy groups -OCH3 is 1. The third-order valence-corrected chi connectivity index (χ3v) is 6.30. The van der Waals surface area contributed by atoms with Crippen molar-refractivity contribution in [3.63, 3.8) is 0 Å². The summed E-state index contributed by atoms with van der Waals surface area (Å²) in [5.41, 5.74) is 2.43. The first-order valence-corrected chi connectivity index (χ1v) is 11.7. The van der Waals surface area contributed by atoms with E-state index in [2.05, 4.69) is 31.2 Å². The molecule has 0 atom stereocenters. The van der Waals surface area contributed by atoms with Crippen LogP contribution >= 0.6 is 11.8 Å². The van der Waals surface area contributed by atoms with Crippen LogP contribution in [0.25, 0.3) is 0 Å². The van der Waals surface area contributed by atoms with Crippen molar-refractivity contribution in [3.8, 4) is 5.75 Å². The Labute approximate surface area is 197 Å². The number of piperazine rings is 1. The van der Waals surface area contributed by atoms with Gasteiger partial charge in [-0.05, 0) is 48.9 Å². The van der Waals surface area contributed by atoms with Crippen LogP contribution in [0.2, 0.25) is 0 Å². The molecule has 2 heterocycles. The summed E-state index contributed by atoms with van der Waals surface area (Å²) in [5, 5.41) is 3.36. The summed E-state index contributed by atoms with van der Waals surface area (Å²) in [6.45, 7) is 5.18. The van der Waals surface area contributed by atoms with E-state index in [9.17, 15) is 9.18 Å². The second-order valence-corrected chi connectivity index (χ2v) is 8.61. The number of thioether (sulfide) groups is 1. The van der Waals surface area contributed by atoms with Gasteiger partial charge in [-0.25, -0.2) is 14.4 Å². The second-order valence-electron chi connectivity index (χ2n) is 7.67. The molecular weight excluding hydrogens is 441 g/mol. The van der Waals surface area contributed by atoms with Gasteiger partial charge in [-0.1, -0.05) is 17.8 Å². The normalized spacial score (nSPS) is 13.7. The number of carbonyl (C=O) groups is 1. The van der Waals surface area contributed by atoms with Gasteiger partial charge in [0.1, 0.15) is 17.4 Å². The largest absolute Gasteiger partial charge is 0.497 e. The maximum atomic E-state index is 13.2. The van der Waals surface area contributed by atoms with Crippen LogP contribution in [0.1, 0.15) is 5.56 Å². The Morgan fingerprint density at radius 2 is 1.91 bits per heavy atom.